The zero-order valence-electron chi connectivity index (χ0n) is 10.3. The van der Waals surface area contributed by atoms with Gasteiger partial charge in [0.15, 0.2) is 0 Å². The fraction of sp³-hybridized carbons (Fsp3) is 0.200. The Morgan fingerprint density at radius 1 is 0.941 bits per heavy atom. The standard InChI is InChI=1S/C15H16ClN/c1-9-6-10(2)15(11(3)7-9)12-4-5-14(17)13(16)8-12/h4-8H,17H2,1-3H3. The van der Waals surface area contributed by atoms with Crippen molar-refractivity contribution in [3.8, 4) is 11.1 Å². The molecule has 0 unspecified atom stereocenters. The molecule has 0 saturated carbocycles. The predicted octanol–water partition coefficient (Wildman–Crippen LogP) is 4.51. The van der Waals surface area contributed by atoms with Gasteiger partial charge < -0.3 is 5.73 Å². The fourth-order valence-corrected chi connectivity index (χ4v) is 2.50. The third-order valence-electron chi connectivity index (χ3n) is 2.97. The second-order valence-corrected chi connectivity index (χ2v) is 4.92. The maximum absolute atomic E-state index is 6.07. The molecule has 0 aliphatic rings. The first-order chi connectivity index (χ1) is 7.99. The average Bonchev–Trinajstić information content (AvgIpc) is 2.21. The van der Waals surface area contributed by atoms with Crippen molar-refractivity contribution in [2.24, 2.45) is 0 Å². The Balaban J connectivity index is 2.64. The third-order valence-corrected chi connectivity index (χ3v) is 3.29. The number of hydrogen-bond acceptors (Lipinski definition) is 1. The summed E-state index contributed by atoms with van der Waals surface area (Å²) in [5.74, 6) is 0. The van der Waals surface area contributed by atoms with Crippen LogP contribution in [-0.4, -0.2) is 0 Å². The molecule has 0 fully saturated rings. The molecule has 0 bridgehead atoms. The van der Waals surface area contributed by atoms with Crippen LogP contribution in [0.2, 0.25) is 5.02 Å². The van der Waals surface area contributed by atoms with Gasteiger partial charge in [-0.3, -0.25) is 0 Å². The Labute approximate surface area is 107 Å². The van der Waals surface area contributed by atoms with E-state index >= 15 is 0 Å². The lowest BCUT2D eigenvalue weighted by Gasteiger charge is -2.12. The van der Waals surface area contributed by atoms with Gasteiger partial charge in [0.1, 0.15) is 0 Å². The van der Waals surface area contributed by atoms with E-state index in [0.717, 1.165) is 5.56 Å². The maximum Gasteiger partial charge on any atom is 0.0641 e. The van der Waals surface area contributed by atoms with Gasteiger partial charge in [0.25, 0.3) is 0 Å². The summed E-state index contributed by atoms with van der Waals surface area (Å²) in [6.45, 7) is 6.36. The van der Waals surface area contributed by atoms with Crippen molar-refractivity contribution in [1.29, 1.82) is 0 Å². The van der Waals surface area contributed by atoms with Gasteiger partial charge in [0, 0.05) is 0 Å². The molecule has 88 valence electrons. The van der Waals surface area contributed by atoms with Crippen molar-refractivity contribution in [2.45, 2.75) is 20.8 Å². The first-order valence-corrected chi connectivity index (χ1v) is 6.00. The van der Waals surface area contributed by atoms with E-state index in [1.807, 2.05) is 18.2 Å². The van der Waals surface area contributed by atoms with E-state index in [-0.39, 0.29) is 0 Å². The van der Waals surface area contributed by atoms with E-state index in [2.05, 4.69) is 32.9 Å². The monoisotopic (exact) mass is 245 g/mol. The smallest absolute Gasteiger partial charge is 0.0641 e. The maximum atomic E-state index is 6.07. The molecule has 1 nitrogen and oxygen atoms in total. The molecular formula is C15H16ClN. The highest BCUT2D eigenvalue weighted by atomic mass is 35.5. The largest absolute Gasteiger partial charge is 0.398 e. The molecule has 17 heavy (non-hydrogen) atoms. The Bertz CT molecular complexity index is 550. The number of aryl methyl sites for hydroxylation is 3. The molecule has 2 rings (SSSR count). The van der Waals surface area contributed by atoms with Crippen LogP contribution in [0.4, 0.5) is 5.69 Å². The topological polar surface area (TPSA) is 26.0 Å². The molecule has 2 N–H and O–H groups in total. The Morgan fingerprint density at radius 2 is 1.53 bits per heavy atom. The fourth-order valence-electron chi connectivity index (χ4n) is 2.32. The Morgan fingerprint density at radius 3 is 2.06 bits per heavy atom. The summed E-state index contributed by atoms with van der Waals surface area (Å²) in [5, 5.41) is 0.613. The molecule has 0 saturated heterocycles. The highest BCUT2D eigenvalue weighted by Gasteiger charge is 2.08. The van der Waals surface area contributed by atoms with Crippen LogP contribution in [0, 0.1) is 20.8 Å². The van der Waals surface area contributed by atoms with Crippen LogP contribution in [0.25, 0.3) is 11.1 Å². The van der Waals surface area contributed by atoms with Crippen LogP contribution in [0.3, 0.4) is 0 Å². The van der Waals surface area contributed by atoms with E-state index in [1.165, 1.54) is 22.3 Å². The highest BCUT2D eigenvalue weighted by molar-refractivity contribution is 6.33. The molecule has 0 heterocycles. The summed E-state index contributed by atoms with van der Waals surface area (Å²) in [6, 6.07) is 10.2. The quantitative estimate of drug-likeness (QED) is 0.735. The summed E-state index contributed by atoms with van der Waals surface area (Å²) >= 11 is 6.07. The molecule has 0 aliphatic carbocycles. The van der Waals surface area contributed by atoms with Gasteiger partial charge >= 0.3 is 0 Å². The van der Waals surface area contributed by atoms with E-state index in [1.54, 1.807) is 0 Å². The predicted molar refractivity (Wildman–Crippen MR) is 75.5 cm³/mol. The van der Waals surface area contributed by atoms with Gasteiger partial charge in [-0.2, -0.15) is 0 Å². The summed E-state index contributed by atoms with van der Waals surface area (Å²) in [5.41, 5.74) is 12.5. The van der Waals surface area contributed by atoms with E-state index < -0.39 is 0 Å². The van der Waals surface area contributed by atoms with Crippen LogP contribution in [0.15, 0.2) is 30.3 Å². The summed E-state index contributed by atoms with van der Waals surface area (Å²) in [7, 11) is 0. The number of rotatable bonds is 1. The molecule has 0 atom stereocenters. The van der Waals surface area contributed by atoms with Gasteiger partial charge in [-0.05, 0) is 55.2 Å². The van der Waals surface area contributed by atoms with E-state index in [9.17, 15) is 0 Å². The molecule has 0 radical (unpaired) electrons. The average molecular weight is 246 g/mol. The van der Waals surface area contributed by atoms with Crippen molar-refractivity contribution in [2.75, 3.05) is 5.73 Å². The number of benzene rings is 2. The van der Waals surface area contributed by atoms with Crippen molar-refractivity contribution in [3.63, 3.8) is 0 Å². The van der Waals surface area contributed by atoms with Gasteiger partial charge in [-0.1, -0.05) is 35.4 Å². The van der Waals surface area contributed by atoms with Crippen LogP contribution in [-0.2, 0) is 0 Å². The molecule has 0 aromatic heterocycles. The van der Waals surface area contributed by atoms with Crippen molar-refractivity contribution < 1.29 is 0 Å². The summed E-state index contributed by atoms with van der Waals surface area (Å²) in [6.07, 6.45) is 0. The lowest BCUT2D eigenvalue weighted by molar-refractivity contribution is 1.32. The Kier molecular flexibility index (Phi) is 3.12. The van der Waals surface area contributed by atoms with Crippen molar-refractivity contribution in [1.82, 2.24) is 0 Å². The van der Waals surface area contributed by atoms with Gasteiger partial charge in [-0.15, -0.1) is 0 Å². The van der Waals surface area contributed by atoms with Gasteiger partial charge in [0.2, 0.25) is 0 Å². The van der Waals surface area contributed by atoms with Gasteiger partial charge in [0.05, 0.1) is 10.7 Å². The normalized spacial score (nSPS) is 10.6. The molecule has 0 amide bonds. The van der Waals surface area contributed by atoms with Crippen LogP contribution in [0.5, 0.6) is 0 Å². The molecule has 2 heteroatoms. The number of nitrogen functional groups attached to an aromatic ring is 1. The molecule has 2 aromatic rings. The SMILES string of the molecule is Cc1cc(C)c(-c2ccc(N)c(Cl)c2)c(C)c1. The lowest BCUT2D eigenvalue weighted by Crippen LogP contribution is -1.92. The lowest BCUT2D eigenvalue weighted by atomic mass is 9.94. The molecule has 0 aliphatic heterocycles. The second kappa shape index (κ2) is 4.42. The minimum absolute atomic E-state index is 0.613. The second-order valence-electron chi connectivity index (χ2n) is 4.51. The minimum Gasteiger partial charge on any atom is -0.398 e. The third kappa shape index (κ3) is 2.29. The van der Waals surface area contributed by atoms with E-state index in [4.69, 9.17) is 17.3 Å². The van der Waals surface area contributed by atoms with Crippen LogP contribution >= 0.6 is 11.6 Å². The number of halogens is 1. The number of anilines is 1. The summed E-state index contributed by atoms with van der Waals surface area (Å²) in [4.78, 5) is 0. The van der Waals surface area contributed by atoms with Crippen molar-refractivity contribution in [3.05, 3.63) is 52.0 Å². The first-order valence-electron chi connectivity index (χ1n) is 5.62. The van der Waals surface area contributed by atoms with Crippen molar-refractivity contribution >= 4 is 17.3 Å². The zero-order valence-corrected chi connectivity index (χ0v) is 11.1. The van der Waals surface area contributed by atoms with Crippen LogP contribution in [0.1, 0.15) is 16.7 Å². The highest BCUT2D eigenvalue weighted by Crippen LogP contribution is 2.32. The number of nitrogens with two attached hydrogens (primary N) is 1. The molecule has 2 aromatic carbocycles. The number of hydrogen-bond donors (Lipinski definition) is 1. The zero-order chi connectivity index (χ0) is 12.6. The molecular weight excluding hydrogens is 230 g/mol. The Hall–Kier alpha value is -1.47. The minimum atomic E-state index is 0.613. The summed E-state index contributed by atoms with van der Waals surface area (Å²) < 4.78 is 0. The first kappa shape index (κ1) is 12.0. The van der Waals surface area contributed by atoms with Crippen LogP contribution < -0.4 is 5.73 Å². The molecule has 0 spiro atoms. The van der Waals surface area contributed by atoms with E-state index in [0.29, 0.717) is 10.7 Å². The van der Waals surface area contributed by atoms with Gasteiger partial charge in [-0.25, -0.2) is 0 Å².